The highest BCUT2D eigenvalue weighted by Crippen LogP contribution is 2.23. The van der Waals surface area contributed by atoms with Crippen molar-refractivity contribution in [3.05, 3.63) is 23.4 Å². The average molecular weight is 285 g/mol. The molecule has 0 aliphatic rings. The molecule has 0 spiro atoms. The zero-order valence-corrected chi connectivity index (χ0v) is 12.5. The van der Waals surface area contributed by atoms with Crippen LogP contribution < -0.4 is 5.32 Å². The number of halogens is 2. The first-order chi connectivity index (χ1) is 9.15. The summed E-state index contributed by atoms with van der Waals surface area (Å²) in [6, 6.07) is 3.23. The van der Waals surface area contributed by atoms with Gasteiger partial charge >= 0.3 is 0 Å². The molecule has 1 aromatic rings. The van der Waals surface area contributed by atoms with Crippen LogP contribution >= 0.6 is 0 Å². The van der Waals surface area contributed by atoms with Crippen LogP contribution in [-0.2, 0) is 5.41 Å². The van der Waals surface area contributed by atoms with Crippen LogP contribution in [0, 0.1) is 0 Å². The van der Waals surface area contributed by atoms with Gasteiger partial charge in [0.15, 0.2) is 0 Å². The van der Waals surface area contributed by atoms with Crippen molar-refractivity contribution in [2.75, 3.05) is 26.0 Å². The summed E-state index contributed by atoms with van der Waals surface area (Å²) in [5, 5.41) is 2.88. The summed E-state index contributed by atoms with van der Waals surface area (Å²) < 4.78 is 24.7. The van der Waals surface area contributed by atoms with Crippen molar-refractivity contribution < 1.29 is 13.6 Å². The molecule has 1 amide bonds. The zero-order valence-electron chi connectivity index (χ0n) is 12.5. The Balaban J connectivity index is 3.14. The Morgan fingerprint density at radius 1 is 1.40 bits per heavy atom. The third-order valence-corrected chi connectivity index (χ3v) is 2.86. The number of carbonyl (C=O) groups excluding carboxylic acids is 1. The largest absolute Gasteiger partial charge is 0.373 e. The maximum absolute atomic E-state index is 12.4. The first-order valence-corrected chi connectivity index (χ1v) is 6.39. The highest BCUT2D eigenvalue weighted by molar-refractivity contribution is 5.95. The molecule has 1 rings (SSSR count). The Morgan fingerprint density at radius 2 is 2.00 bits per heavy atom. The lowest BCUT2D eigenvalue weighted by molar-refractivity contribution is 0.0620. The van der Waals surface area contributed by atoms with E-state index in [1.165, 1.54) is 7.05 Å². The fourth-order valence-corrected chi connectivity index (χ4v) is 1.68. The molecular weight excluding hydrogens is 264 g/mol. The lowest BCUT2D eigenvalue weighted by Crippen LogP contribution is -2.31. The number of nitrogens with one attached hydrogen (secondary N) is 1. The van der Waals surface area contributed by atoms with E-state index in [1.807, 2.05) is 20.8 Å². The van der Waals surface area contributed by atoms with Crippen LogP contribution in [-0.4, -0.2) is 42.9 Å². The summed E-state index contributed by atoms with van der Waals surface area (Å²) in [5.41, 5.74) is 0.860. The van der Waals surface area contributed by atoms with Gasteiger partial charge in [-0.1, -0.05) is 20.8 Å². The Hall–Kier alpha value is -1.72. The van der Waals surface area contributed by atoms with Crippen molar-refractivity contribution in [2.45, 2.75) is 32.6 Å². The number of nitrogens with zero attached hydrogens (tertiary/aromatic N) is 2. The van der Waals surface area contributed by atoms with Crippen molar-refractivity contribution in [3.63, 3.8) is 0 Å². The SMILES string of the molecule is CNc1cc(C(=O)N(C)CC(F)F)cc(C(C)(C)C)n1. The number of amides is 1. The van der Waals surface area contributed by atoms with E-state index in [0.29, 0.717) is 11.4 Å². The maximum atomic E-state index is 12.4. The van der Waals surface area contributed by atoms with Gasteiger partial charge in [-0.15, -0.1) is 0 Å². The second-order valence-electron chi connectivity index (χ2n) is 5.70. The fourth-order valence-electron chi connectivity index (χ4n) is 1.68. The van der Waals surface area contributed by atoms with E-state index in [0.717, 1.165) is 10.6 Å². The lowest BCUT2D eigenvalue weighted by Gasteiger charge is -2.21. The third-order valence-electron chi connectivity index (χ3n) is 2.86. The number of rotatable bonds is 4. The van der Waals surface area contributed by atoms with Crippen LogP contribution in [0.25, 0.3) is 0 Å². The van der Waals surface area contributed by atoms with E-state index in [4.69, 9.17) is 0 Å². The lowest BCUT2D eigenvalue weighted by atomic mass is 9.90. The first kappa shape index (κ1) is 16.3. The van der Waals surface area contributed by atoms with E-state index in [-0.39, 0.29) is 5.41 Å². The number of hydrogen-bond acceptors (Lipinski definition) is 3. The smallest absolute Gasteiger partial charge is 0.255 e. The van der Waals surface area contributed by atoms with Crippen LogP contribution in [0.5, 0.6) is 0 Å². The van der Waals surface area contributed by atoms with Crippen molar-refractivity contribution in [2.24, 2.45) is 0 Å². The summed E-state index contributed by atoms with van der Waals surface area (Å²) in [4.78, 5) is 17.6. The second-order valence-corrected chi connectivity index (χ2v) is 5.70. The van der Waals surface area contributed by atoms with Crippen molar-refractivity contribution in [1.82, 2.24) is 9.88 Å². The third kappa shape index (κ3) is 4.15. The summed E-state index contributed by atoms with van der Waals surface area (Å²) in [6.07, 6.45) is -2.54. The van der Waals surface area contributed by atoms with Gasteiger partial charge in [-0.25, -0.2) is 13.8 Å². The van der Waals surface area contributed by atoms with E-state index in [9.17, 15) is 13.6 Å². The number of anilines is 1. The van der Waals surface area contributed by atoms with Crippen LogP contribution in [0.2, 0.25) is 0 Å². The van der Waals surface area contributed by atoms with Gasteiger partial charge in [-0.05, 0) is 12.1 Å². The number of pyridine rings is 1. The monoisotopic (exact) mass is 285 g/mol. The molecule has 4 nitrogen and oxygen atoms in total. The van der Waals surface area contributed by atoms with Crippen LogP contribution in [0.15, 0.2) is 12.1 Å². The fraction of sp³-hybridized carbons (Fsp3) is 0.571. The predicted octanol–water partition coefficient (Wildman–Crippen LogP) is 2.76. The molecule has 112 valence electrons. The zero-order chi connectivity index (χ0) is 15.5. The van der Waals surface area contributed by atoms with E-state index < -0.39 is 18.9 Å². The van der Waals surface area contributed by atoms with Gasteiger partial charge in [0.1, 0.15) is 5.82 Å². The molecule has 1 heterocycles. The van der Waals surface area contributed by atoms with Crippen LogP contribution in [0.1, 0.15) is 36.8 Å². The van der Waals surface area contributed by atoms with Gasteiger partial charge in [0, 0.05) is 30.8 Å². The summed E-state index contributed by atoms with van der Waals surface area (Å²) in [6.45, 7) is 5.35. The molecule has 0 fully saturated rings. The molecule has 0 bridgehead atoms. The minimum Gasteiger partial charge on any atom is -0.373 e. The molecule has 0 aromatic carbocycles. The molecule has 0 saturated carbocycles. The Bertz CT molecular complexity index is 484. The highest BCUT2D eigenvalue weighted by atomic mass is 19.3. The average Bonchev–Trinajstić information content (AvgIpc) is 2.35. The van der Waals surface area contributed by atoms with Gasteiger partial charge in [-0.3, -0.25) is 4.79 Å². The predicted molar refractivity (Wildman–Crippen MR) is 75.4 cm³/mol. The molecule has 20 heavy (non-hydrogen) atoms. The summed E-state index contributed by atoms with van der Waals surface area (Å²) >= 11 is 0. The van der Waals surface area contributed by atoms with Crippen LogP contribution in [0.4, 0.5) is 14.6 Å². The molecule has 1 aromatic heterocycles. The van der Waals surface area contributed by atoms with Crippen molar-refractivity contribution in [3.8, 4) is 0 Å². The Morgan fingerprint density at radius 3 is 2.45 bits per heavy atom. The Labute approximate surface area is 118 Å². The highest BCUT2D eigenvalue weighted by Gasteiger charge is 2.21. The number of hydrogen-bond donors (Lipinski definition) is 1. The second kappa shape index (κ2) is 6.15. The molecular formula is C14H21F2N3O. The number of alkyl halides is 2. The molecule has 0 saturated heterocycles. The van der Waals surface area contributed by atoms with Gasteiger partial charge in [0.05, 0.1) is 6.54 Å². The van der Waals surface area contributed by atoms with Gasteiger partial charge in [-0.2, -0.15) is 0 Å². The van der Waals surface area contributed by atoms with Crippen molar-refractivity contribution >= 4 is 11.7 Å². The maximum Gasteiger partial charge on any atom is 0.255 e. The van der Waals surface area contributed by atoms with Crippen molar-refractivity contribution in [1.29, 1.82) is 0 Å². The first-order valence-electron chi connectivity index (χ1n) is 6.39. The van der Waals surface area contributed by atoms with E-state index in [2.05, 4.69) is 10.3 Å². The van der Waals surface area contributed by atoms with E-state index in [1.54, 1.807) is 19.2 Å². The summed E-state index contributed by atoms with van der Waals surface area (Å²) in [7, 11) is 3.07. The van der Waals surface area contributed by atoms with Gasteiger partial charge in [0.25, 0.3) is 12.3 Å². The molecule has 1 N–H and O–H groups in total. The number of carbonyl (C=O) groups is 1. The molecule has 0 aliphatic carbocycles. The Kier molecular flexibility index (Phi) is 5.03. The topological polar surface area (TPSA) is 45.2 Å². The molecule has 0 atom stereocenters. The standard InChI is InChI=1S/C14H21F2N3O/c1-14(2,3)10-6-9(7-12(17-4)18-10)13(20)19(5)8-11(15)16/h6-7,11H,8H2,1-5H3,(H,17,18). The minimum absolute atomic E-state index is 0.233. The summed E-state index contributed by atoms with van der Waals surface area (Å²) in [5.74, 6) is 0.112. The molecule has 0 unspecified atom stereocenters. The van der Waals surface area contributed by atoms with Gasteiger partial charge < -0.3 is 10.2 Å². The normalized spacial score (nSPS) is 11.6. The van der Waals surface area contributed by atoms with Crippen LogP contribution in [0.3, 0.4) is 0 Å². The minimum atomic E-state index is -2.54. The number of aromatic nitrogens is 1. The molecule has 6 heteroatoms. The molecule has 0 aliphatic heterocycles. The quantitative estimate of drug-likeness (QED) is 0.925. The van der Waals surface area contributed by atoms with Gasteiger partial charge in [0.2, 0.25) is 0 Å². The van der Waals surface area contributed by atoms with E-state index >= 15 is 0 Å². The molecule has 0 radical (unpaired) electrons.